The predicted molar refractivity (Wildman–Crippen MR) is 51.4 cm³/mol. The van der Waals surface area contributed by atoms with Gasteiger partial charge in [-0.2, -0.15) is 0 Å². The third kappa shape index (κ3) is 2.36. The second-order valence-electron chi connectivity index (χ2n) is 3.65. The summed E-state index contributed by atoms with van der Waals surface area (Å²) in [4.78, 5) is 13.3. The summed E-state index contributed by atoms with van der Waals surface area (Å²) in [7, 11) is 0. The Labute approximate surface area is 90.6 Å². The molecular formula is C8H13N2O4S-. The molecule has 2 saturated heterocycles. The number of ether oxygens (including phenoxy) is 1. The van der Waals surface area contributed by atoms with Gasteiger partial charge in [-0.25, -0.2) is 4.31 Å². The Balaban J connectivity index is 1.87. The monoisotopic (exact) mass is 233 g/mol. The van der Waals surface area contributed by atoms with E-state index in [4.69, 9.17) is 4.74 Å². The average molecular weight is 233 g/mol. The number of nitrogens with zero attached hydrogens (tertiary/aromatic N) is 2. The van der Waals surface area contributed by atoms with Gasteiger partial charge in [-0.05, 0) is 0 Å². The van der Waals surface area contributed by atoms with Crippen LogP contribution in [0.5, 0.6) is 0 Å². The van der Waals surface area contributed by atoms with E-state index in [1.807, 2.05) is 4.90 Å². The topological polar surface area (TPSA) is 72.9 Å². The normalized spacial score (nSPS) is 31.5. The minimum Gasteiger partial charge on any atom is -0.760 e. The Hall–Kier alpha value is -0.500. The van der Waals surface area contributed by atoms with Crippen LogP contribution >= 0.6 is 0 Å². The van der Waals surface area contributed by atoms with Gasteiger partial charge in [0.25, 0.3) is 0 Å². The Kier molecular flexibility index (Phi) is 3.35. The third-order valence-electron chi connectivity index (χ3n) is 2.83. The van der Waals surface area contributed by atoms with Gasteiger partial charge in [0.15, 0.2) is 0 Å². The van der Waals surface area contributed by atoms with Gasteiger partial charge in [0.2, 0.25) is 0 Å². The Morgan fingerprint density at radius 3 is 2.47 bits per heavy atom. The first kappa shape index (κ1) is 11.0. The molecule has 0 spiro atoms. The van der Waals surface area contributed by atoms with Crippen LogP contribution in [0.2, 0.25) is 0 Å². The Morgan fingerprint density at radius 2 is 2.00 bits per heavy atom. The van der Waals surface area contributed by atoms with Crippen molar-refractivity contribution in [1.29, 1.82) is 0 Å². The second kappa shape index (κ2) is 4.56. The first-order chi connectivity index (χ1) is 7.18. The summed E-state index contributed by atoms with van der Waals surface area (Å²) in [6, 6.07) is -0.160. The van der Waals surface area contributed by atoms with E-state index in [2.05, 4.69) is 0 Å². The quantitative estimate of drug-likeness (QED) is 0.438. The van der Waals surface area contributed by atoms with Crippen LogP contribution in [-0.2, 0) is 20.8 Å². The van der Waals surface area contributed by atoms with Crippen molar-refractivity contribution >= 4 is 17.2 Å². The number of carbonyl (C=O) groups is 1. The van der Waals surface area contributed by atoms with Crippen molar-refractivity contribution < 1.29 is 18.3 Å². The largest absolute Gasteiger partial charge is 0.760 e. The molecule has 2 rings (SSSR count). The average Bonchev–Trinajstić information content (AvgIpc) is 2.65. The van der Waals surface area contributed by atoms with Gasteiger partial charge >= 0.3 is 5.97 Å². The number of rotatable bonds is 2. The number of carbonyl (C=O) groups excluding carboxylic acids is 1. The highest BCUT2D eigenvalue weighted by Crippen LogP contribution is 2.16. The molecule has 0 aromatic rings. The maximum Gasteiger partial charge on any atom is 0.323 e. The second-order valence-corrected chi connectivity index (χ2v) is 4.60. The summed E-state index contributed by atoms with van der Waals surface area (Å²) in [5.41, 5.74) is 0. The molecule has 86 valence electrons. The van der Waals surface area contributed by atoms with Crippen LogP contribution in [0, 0.1) is 0 Å². The molecule has 0 radical (unpaired) electrons. The van der Waals surface area contributed by atoms with Crippen molar-refractivity contribution in [2.45, 2.75) is 12.5 Å². The van der Waals surface area contributed by atoms with Crippen LogP contribution < -0.4 is 0 Å². The lowest BCUT2D eigenvalue weighted by molar-refractivity contribution is -0.142. The van der Waals surface area contributed by atoms with Gasteiger partial charge in [-0.1, -0.05) is 0 Å². The van der Waals surface area contributed by atoms with Crippen LogP contribution in [0.25, 0.3) is 0 Å². The number of piperazine rings is 1. The Bertz CT molecular complexity index is 278. The highest BCUT2D eigenvalue weighted by molar-refractivity contribution is 7.76. The van der Waals surface area contributed by atoms with Crippen molar-refractivity contribution in [3.05, 3.63) is 0 Å². The van der Waals surface area contributed by atoms with E-state index >= 15 is 0 Å². The fourth-order valence-electron chi connectivity index (χ4n) is 1.98. The van der Waals surface area contributed by atoms with E-state index in [-0.39, 0.29) is 12.0 Å². The zero-order valence-electron chi connectivity index (χ0n) is 8.26. The summed E-state index contributed by atoms with van der Waals surface area (Å²) in [5, 5.41) is 0. The van der Waals surface area contributed by atoms with E-state index < -0.39 is 11.3 Å². The van der Waals surface area contributed by atoms with Crippen LogP contribution in [0.1, 0.15) is 6.42 Å². The number of esters is 1. The van der Waals surface area contributed by atoms with Crippen molar-refractivity contribution in [2.75, 3.05) is 32.8 Å². The van der Waals surface area contributed by atoms with Gasteiger partial charge in [0.1, 0.15) is 6.04 Å². The van der Waals surface area contributed by atoms with Crippen molar-refractivity contribution in [3.8, 4) is 0 Å². The lowest BCUT2D eigenvalue weighted by Crippen LogP contribution is -2.51. The maximum atomic E-state index is 11.3. The molecule has 0 bridgehead atoms. The molecule has 0 aromatic heterocycles. The first-order valence-electron chi connectivity index (χ1n) is 4.93. The van der Waals surface area contributed by atoms with E-state index in [1.165, 1.54) is 4.31 Å². The van der Waals surface area contributed by atoms with Crippen molar-refractivity contribution in [2.24, 2.45) is 0 Å². The van der Waals surface area contributed by atoms with E-state index in [0.717, 1.165) is 6.42 Å². The highest BCUT2D eigenvalue weighted by Gasteiger charge is 2.34. The predicted octanol–water partition coefficient (Wildman–Crippen LogP) is -1.29. The van der Waals surface area contributed by atoms with Gasteiger partial charge in [0.05, 0.1) is 6.61 Å². The molecule has 2 atom stereocenters. The molecule has 2 aliphatic heterocycles. The molecule has 0 saturated carbocycles. The van der Waals surface area contributed by atoms with Crippen molar-refractivity contribution in [3.63, 3.8) is 0 Å². The summed E-state index contributed by atoms with van der Waals surface area (Å²) in [5.74, 6) is -0.174. The zero-order chi connectivity index (χ0) is 10.8. The molecule has 6 nitrogen and oxygen atoms in total. The molecule has 2 fully saturated rings. The maximum absolute atomic E-state index is 11.3. The first-order valence-corrected chi connectivity index (χ1v) is 5.96. The van der Waals surface area contributed by atoms with Gasteiger partial charge in [0, 0.05) is 43.9 Å². The van der Waals surface area contributed by atoms with Crippen molar-refractivity contribution in [1.82, 2.24) is 9.21 Å². The van der Waals surface area contributed by atoms with E-state index in [1.54, 1.807) is 0 Å². The van der Waals surface area contributed by atoms with Gasteiger partial charge < -0.3 is 9.29 Å². The molecule has 0 amide bonds. The summed E-state index contributed by atoms with van der Waals surface area (Å²) in [6.07, 6.45) is 0.722. The van der Waals surface area contributed by atoms with E-state index in [9.17, 15) is 13.6 Å². The lowest BCUT2D eigenvalue weighted by Gasteiger charge is -2.36. The van der Waals surface area contributed by atoms with E-state index in [0.29, 0.717) is 32.8 Å². The highest BCUT2D eigenvalue weighted by atomic mass is 32.2. The molecule has 0 N–H and O–H groups in total. The minimum absolute atomic E-state index is 0.160. The van der Waals surface area contributed by atoms with Crippen LogP contribution in [-0.4, -0.2) is 62.8 Å². The molecule has 2 unspecified atom stereocenters. The number of cyclic esters (lactones) is 1. The smallest absolute Gasteiger partial charge is 0.323 e. The summed E-state index contributed by atoms with van der Waals surface area (Å²) < 4.78 is 27.6. The SMILES string of the molecule is O=C1OCCC1N1CCN(S(=O)[O-])CC1. The van der Waals surface area contributed by atoms with Gasteiger partial charge in [-0.3, -0.25) is 13.9 Å². The van der Waals surface area contributed by atoms with Gasteiger partial charge in [-0.15, -0.1) is 0 Å². The standard InChI is InChI=1S/C8H14N2O4S/c11-8-7(1-6-14-8)9-2-4-10(5-3-9)15(12)13/h7H,1-6H2,(H,12,13)/p-1. The Morgan fingerprint density at radius 1 is 1.33 bits per heavy atom. The van der Waals surface area contributed by atoms with Crippen LogP contribution in [0.3, 0.4) is 0 Å². The summed E-state index contributed by atoms with van der Waals surface area (Å²) >= 11 is -2.14. The number of hydrogen-bond acceptors (Lipinski definition) is 5. The third-order valence-corrected chi connectivity index (χ3v) is 3.62. The minimum atomic E-state index is -2.14. The summed E-state index contributed by atoms with van der Waals surface area (Å²) in [6.45, 7) is 2.61. The number of hydrogen-bond donors (Lipinski definition) is 0. The molecule has 2 aliphatic rings. The molecule has 0 aliphatic carbocycles. The molecule has 0 aromatic carbocycles. The zero-order valence-corrected chi connectivity index (χ0v) is 9.07. The fourth-order valence-corrected chi connectivity index (χ4v) is 2.44. The molecule has 7 heteroatoms. The van der Waals surface area contributed by atoms with Crippen LogP contribution in [0.15, 0.2) is 0 Å². The van der Waals surface area contributed by atoms with Crippen LogP contribution in [0.4, 0.5) is 0 Å². The molecular weight excluding hydrogens is 220 g/mol. The fraction of sp³-hybridized carbons (Fsp3) is 0.875. The molecule has 15 heavy (non-hydrogen) atoms. The lowest BCUT2D eigenvalue weighted by atomic mass is 10.2. The molecule has 2 heterocycles.